The van der Waals surface area contributed by atoms with Crippen LogP contribution in [0.25, 0.3) is 17.0 Å². The fourth-order valence-electron chi connectivity index (χ4n) is 2.77. The number of fused-ring (bicyclic) bond motifs is 1. The van der Waals surface area contributed by atoms with Crippen molar-refractivity contribution in [2.75, 3.05) is 18.2 Å². The largest absolute Gasteiger partial charge is 0.497 e. The van der Waals surface area contributed by atoms with Gasteiger partial charge in [0.05, 0.1) is 17.9 Å². The molecule has 0 unspecified atom stereocenters. The Morgan fingerprint density at radius 3 is 2.83 bits per heavy atom. The minimum atomic E-state index is -0.316. The number of benzene rings is 2. The zero-order chi connectivity index (χ0) is 21.1. The highest BCUT2D eigenvalue weighted by molar-refractivity contribution is 7.99. The van der Waals surface area contributed by atoms with E-state index < -0.39 is 0 Å². The molecule has 4 aromatic rings. The monoisotopic (exact) mass is 441 g/mol. The van der Waals surface area contributed by atoms with Crippen LogP contribution < -0.4 is 15.6 Å². The van der Waals surface area contributed by atoms with Crippen LogP contribution in [0, 0.1) is 0 Å². The van der Waals surface area contributed by atoms with Gasteiger partial charge in [0.25, 0.3) is 5.56 Å². The van der Waals surface area contributed by atoms with Crippen molar-refractivity contribution in [1.29, 1.82) is 0 Å². The first-order valence-electron chi connectivity index (χ1n) is 8.85. The van der Waals surface area contributed by atoms with Crippen molar-refractivity contribution in [2.45, 2.75) is 5.16 Å². The first-order valence-corrected chi connectivity index (χ1v) is 10.2. The third kappa shape index (κ3) is 4.32. The van der Waals surface area contributed by atoms with E-state index >= 15 is 0 Å². The number of carbonyl (C=O) groups excluding carboxylic acids is 1. The van der Waals surface area contributed by atoms with Crippen molar-refractivity contribution >= 4 is 40.6 Å². The normalized spacial score (nSPS) is 10.9. The number of ether oxygens (including phenoxy) is 1. The number of rotatable bonds is 6. The van der Waals surface area contributed by atoms with E-state index in [9.17, 15) is 9.59 Å². The molecule has 10 heteroatoms. The number of nitrogens with zero attached hydrogens (tertiary/aromatic N) is 3. The van der Waals surface area contributed by atoms with Crippen LogP contribution in [0.4, 0.5) is 5.69 Å². The van der Waals surface area contributed by atoms with E-state index in [-0.39, 0.29) is 17.2 Å². The quantitative estimate of drug-likeness (QED) is 0.444. The van der Waals surface area contributed by atoms with Crippen LogP contribution in [-0.4, -0.2) is 38.4 Å². The molecule has 0 aliphatic rings. The topological polar surface area (TPSA) is 101 Å². The molecule has 0 fully saturated rings. The number of H-pyrrole nitrogens is 1. The average molecular weight is 442 g/mol. The SMILES string of the molecule is COc1cccc(NC(=O)CSc2nc(-c3ccccc3Cl)nc3cc(=O)[nH]n23)c1. The summed E-state index contributed by atoms with van der Waals surface area (Å²) in [6.07, 6.45) is 0. The van der Waals surface area contributed by atoms with Crippen molar-refractivity contribution in [2.24, 2.45) is 0 Å². The molecule has 0 saturated carbocycles. The molecule has 2 heterocycles. The van der Waals surface area contributed by atoms with E-state index in [0.717, 1.165) is 0 Å². The van der Waals surface area contributed by atoms with Crippen LogP contribution in [0.1, 0.15) is 0 Å². The highest BCUT2D eigenvalue weighted by Gasteiger charge is 2.15. The number of methoxy groups -OCH3 is 1. The second-order valence-corrected chi connectivity index (χ2v) is 7.54. The first kappa shape index (κ1) is 20.0. The number of aromatic amines is 1. The van der Waals surface area contributed by atoms with Gasteiger partial charge in [-0.3, -0.25) is 14.7 Å². The maximum atomic E-state index is 12.4. The van der Waals surface area contributed by atoms with Gasteiger partial charge in [0.2, 0.25) is 5.91 Å². The minimum absolute atomic E-state index is 0.0749. The molecule has 2 aromatic carbocycles. The van der Waals surface area contributed by atoms with E-state index in [1.807, 2.05) is 12.1 Å². The van der Waals surface area contributed by atoms with E-state index in [2.05, 4.69) is 20.4 Å². The molecule has 0 bridgehead atoms. The van der Waals surface area contributed by atoms with Crippen molar-refractivity contribution in [3.63, 3.8) is 0 Å². The number of anilines is 1. The van der Waals surface area contributed by atoms with E-state index in [1.54, 1.807) is 43.5 Å². The van der Waals surface area contributed by atoms with Crippen LogP contribution in [0.3, 0.4) is 0 Å². The molecule has 0 aliphatic carbocycles. The lowest BCUT2D eigenvalue weighted by atomic mass is 10.2. The van der Waals surface area contributed by atoms with Crippen LogP contribution in [-0.2, 0) is 4.79 Å². The lowest BCUT2D eigenvalue weighted by Gasteiger charge is -2.09. The summed E-state index contributed by atoms with van der Waals surface area (Å²) < 4.78 is 6.61. The van der Waals surface area contributed by atoms with Gasteiger partial charge in [0, 0.05) is 23.4 Å². The van der Waals surface area contributed by atoms with Gasteiger partial charge in [-0.15, -0.1) is 0 Å². The van der Waals surface area contributed by atoms with Gasteiger partial charge >= 0.3 is 0 Å². The summed E-state index contributed by atoms with van der Waals surface area (Å²) in [5, 5.41) is 6.36. The molecule has 0 spiro atoms. The number of carbonyl (C=O) groups is 1. The zero-order valence-electron chi connectivity index (χ0n) is 15.8. The molecule has 4 rings (SSSR count). The third-order valence-corrected chi connectivity index (χ3v) is 5.39. The number of hydrogen-bond donors (Lipinski definition) is 2. The molecule has 0 saturated heterocycles. The number of aromatic nitrogens is 4. The van der Waals surface area contributed by atoms with Gasteiger partial charge in [-0.2, -0.15) is 0 Å². The molecular formula is C20H16ClN5O3S. The molecule has 2 N–H and O–H groups in total. The fraction of sp³-hybridized carbons (Fsp3) is 0.100. The van der Waals surface area contributed by atoms with Crippen molar-refractivity contribution < 1.29 is 9.53 Å². The van der Waals surface area contributed by atoms with Crippen LogP contribution >= 0.6 is 23.4 Å². The Bertz CT molecular complexity index is 1290. The molecule has 8 nitrogen and oxygen atoms in total. The second-order valence-electron chi connectivity index (χ2n) is 6.19. The predicted octanol–water partition coefficient (Wildman–Crippen LogP) is 3.48. The summed E-state index contributed by atoms with van der Waals surface area (Å²) >= 11 is 7.44. The average Bonchev–Trinajstić information content (AvgIpc) is 3.12. The van der Waals surface area contributed by atoms with Gasteiger partial charge in [0.1, 0.15) is 5.75 Å². The number of amides is 1. The molecule has 1 amide bonds. The summed E-state index contributed by atoms with van der Waals surface area (Å²) in [6.45, 7) is 0. The molecule has 0 radical (unpaired) electrons. The highest BCUT2D eigenvalue weighted by atomic mass is 35.5. The van der Waals surface area contributed by atoms with Gasteiger partial charge in [-0.25, -0.2) is 14.5 Å². The maximum absolute atomic E-state index is 12.4. The van der Waals surface area contributed by atoms with Gasteiger partial charge in [0.15, 0.2) is 16.6 Å². The Hall–Kier alpha value is -3.30. The highest BCUT2D eigenvalue weighted by Crippen LogP contribution is 2.27. The van der Waals surface area contributed by atoms with Crippen molar-refractivity contribution in [3.8, 4) is 17.1 Å². The van der Waals surface area contributed by atoms with Crippen molar-refractivity contribution in [1.82, 2.24) is 19.6 Å². The number of hydrogen-bond acceptors (Lipinski definition) is 6. The Balaban J connectivity index is 1.59. The van der Waals surface area contributed by atoms with Crippen LogP contribution in [0.15, 0.2) is 64.5 Å². The van der Waals surface area contributed by atoms with Crippen LogP contribution in [0.5, 0.6) is 5.75 Å². The maximum Gasteiger partial charge on any atom is 0.266 e. The number of thioether (sulfide) groups is 1. The third-order valence-electron chi connectivity index (χ3n) is 4.13. The molecular weight excluding hydrogens is 426 g/mol. The number of halogens is 1. The van der Waals surface area contributed by atoms with Gasteiger partial charge in [-0.1, -0.05) is 41.6 Å². The minimum Gasteiger partial charge on any atom is -0.497 e. The first-order chi connectivity index (χ1) is 14.5. The fourth-order valence-corrected chi connectivity index (χ4v) is 3.74. The van der Waals surface area contributed by atoms with Crippen LogP contribution in [0.2, 0.25) is 5.02 Å². The lowest BCUT2D eigenvalue weighted by Crippen LogP contribution is -2.15. The Morgan fingerprint density at radius 1 is 1.20 bits per heavy atom. The molecule has 0 aliphatic heterocycles. The standard InChI is InChI=1S/C20H16ClN5O3S/c1-29-13-6-4-5-12(9-13)22-18(28)11-30-20-24-19(14-7-2-3-8-15(14)21)23-16-10-17(27)25-26(16)20/h2-10H,11H2,1H3,(H,22,28)(H,25,27). The summed E-state index contributed by atoms with van der Waals surface area (Å²) in [5.41, 5.74) is 1.33. The van der Waals surface area contributed by atoms with Gasteiger partial charge in [-0.05, 0) is 24.3 Å². The molecule has 2 aromatic heterocycles. The zero-order valence-corrected chi connectivity index (χ0v) is 17.3. The Labute approximate surface area is 180 Å². The second kappa shape index (κ2) is 8.60. The van der Waals surface area contributed by atoms with E-state index in [4.69, 9.17) is 16.3 Å². The molecule has 152 valence electrons. The van der Waals surface area contributed by atoms with E-state index in [0.29, 0.717) is 38.7 Å². The molecule has 0 atom stereocenters. The Morgan fingerprint density at radius 2 is 2.03 bits per heavy atom. The summed E-state index contributed by atoms with van der Waals surface area (Å²) in [7, 11) is 1.56. The Kier molecular flexibility index (Phi) is 5.73. The van der Waals surface area contributed by atoms with Crippen molar-refractivity contribution in [3.05, 3.63) is 70.0 Å². The van der Waals surface area contributed by atoms with E-state index in [1.165, 1.54) is 22.3 Å². The smallest absolute Gasteiger partial charge is 0.266 e. The summed E-state index contributed by atoms with van der Waals surface area (Å²) in [4.78, 5) is 33.2. The van der Waals surface area contributed by atoms with Gasteiger partial charge < -0.3 is 10.1 Å². The molecule has 30 heavy (non-hydrogen) atoms. The number of nitrogens with one attached hydrogen (secondary N) is 2. The predicted molar refractivity (Wildman–Crippen MR) is 116 cm³/mol. The lowest BCUT2D eigenvalue weighted by molar-refractivity contribution is -0.113. The summed E-state index contributed by atoms with van der Waals surface area (Å²) in [5.74, 6) is 0.863. The summed E-state index contributed by atoms with van der Waals surface area (Å²) in [6, 6.07) is 15.6.